The van der Waals surface area contributed by atoms with Crippen molar-refractivity contribution in [2.75, 3.05) is 13.7 Å². The van der Waals surface area contributed by atoms with Crippen LogP contribution < -0.4 is 5.32 Å². The topological polar surface area (TPSA) is 81.7 Å². The van der Waals surface area contributed by atoms with E-state index in [-0.39, 0.29) is 24.5 Å². The summed E-state index contributed by atoms with van der Waals surface area (Å²) >= 11 is 0. The molecule has 1 aliphatic rings. The molecule has 1 rings (SSSR count). The first kappa shape index (κ1) is 15.6. The highest BCUT2D eigenvalue weighted by Crippen LogP contribution is 2.13. The van der Waals surface area contributed by atoms with Crippen LogP contribution in [0.2, 0.25) is 0 Å². The first-order valence-corrected chi connectivity index (χ1v) is 6.60. The molecule has 1 saturated heterocycles. The third-order valence-corrected chi connectivity index (χ3v) is 3.13. The fourth-order valence-corrected chi connectivity index (χ4v) is 1.92. The Morgan fingerprint density at radius 2 is 2.16 bits per heavy atom. The number of carbonyl (C=O) groups excluding carboxylic acids is 3. The van der Waals surface area contributed by atoms with Crippen molar-refractivity contribution in [3.63, 3.8) is 0 Å². The van der Waals surface area contributed by atoms with Gasteiger partial charge in [-0.25, -0.2) is 4.79 Å². The average Bonchev–Trinajstić information content (AvgIpc) is 2.95. The van der Waals surface area contributed by atoms with Crippen LogP contribution in [0.25, 0.3) is 0 Å². The maximum Gasteiger partial charge on any atom is 0.328 e. The Balaban J connectivity index is 2.50. The van der Waals surface area contributed by atoms with E-state index in [9.17, 15) is 14.4 Å². The molecule has 0 bridgehead atoms. The fraction of sp³-hybridized carbons (Fsp3) is 0.769. The Kier molecular flexibility index (Phi) is 6.49. The summed E-state index contributed by atoms with van der Waals surface area (Å²) in [5.74, 6) is -0.785. The van der Waals surface area contributed by atoms with Crippen molar-refractivity contribution < 1.29 is 23.9 Å². The highest BCUT2D eigenvalue weighted by Gasteiger charge is 2.28. The number of methoxy groups -OCH3 is 1. The van der Waals surface area contributed by atoms with Crippen LogP contribution in [-0.4, -0.2) is 43.5 Å². The van der Waals surface area contributed by atoms with Crippen molar-refractivity contribution in [3.8, 4) is 0 Å². The Morgan fingerprint density at radius 3 is 2.68 bits per heavy atom. The van der Waals surface area contributed by atoms with Crippen LogP contribution in [0.15, 0.2) is 0 Å². The summed E-state index contributed by atoms with van der Waals surface area (Å²) in [5, 5.41) is 2.60. The minimum absolute atomic E-state index is 0.0558. The zero-order valence-electron chi connectivity index (χ0n) is 11.4. The SMILES string of the molecule is CCC(=O)CC[C@@H](NC(=O)[C@H]1CCCO1)C(=O)OC. The van der Waals surface area contributed by atoms with Crippen molar-refractivity contribution in [1.29, 1.82) is 0 Å². The molecular weight excluding hydrogens is 250 g/mol. The van der Waals surface area contributed by atoms with Gasteiger partial charge in [-0.1, -0.05) is 6.92 Å². The van der Waals surface area contributed by atoms with Crippen LogP contribution in [0.3, 0.4) is 0 Å². The van der Waals surface area contributed by atoms with E-state index >= 15 is 0 Å². The van der Waals surface area contributed by atoms with Gasteiger partial charge in [-0.15, -0.1) is 0 Å². The van der Waals surface area contributed by atoms with E-state index in [4.69, 9.17) is 4.74 Å². The highest BCUT2D eigenvalue weighted by atomic mass is 16.5. The standard InChI is InChI=1S/C13H21NO5/c1-3-9(15)6-7-10(13(17)18-2)14-12(16)11-5-4-8-19-11/h10-11H,3-8H2,1-2H3,(H,14,16)/t10-,11-/m1/s1. The van der Waals surface area contributed by atoms with Crippen LogP contribution in [0.1, 0.15) is 39.0 Å². The van der Waals surface area contributed by atoms with Crippen LogP contribution in [0.5, 0.6) is 0 Å². The minimum atomic E-state index is -0.780. The molecule has 0 spiro atoms. The van der Waals surface area contributed by atoms with Gasteiger partial charge in [0.2, 0.25) is 5.91 Å². The number of hydrogen-bond donors (Lipinski definition) is 1. The molecule has 1 amide bonds. The fourth-order valence-electron chi connectivity index (χ4n) is 1.92. The van der Waals surface area contributed by atoms with Crippen molar-refractivity contribution in [3.05, 3.63) is 0 Å². The molecule has 0 saturated carbocycles. The van der Waals surface area contributed by atoms with Gasteiger partial charge in [0.15, 0.2) is 0 Å². The molecule has 1 fully saturated rings. The number of ketones is 1. The van der Waals surface area contributed by atoms with Crippen LogP contribution >= 0.6 is 0 Å². The van der Waals surface area contributed by atoms with Gasteiger partial charge in [0.05, 0.1) is 7.11 Å². The van der Waals surface area contributed by atoms with Gasteiger partial charge in [-0.2, -0.15) is 0 Å². The summed E-state index contributed by atoms with van der Waals surface area (Å²) in [4.78, 5) is 34.7. The minimum Gasteiger partial charge on any atom is -0.467 e. The number of amides is 1. The first-order chi connectivity index (χ1) is 9.08. The monoisotopic (exact) mass is 271 g/mol. The van der Waals surface area contributed by atoms with Crippen molar-refractivity contribution in [2.24, 2.45) is 0 Å². The second-order valence-electron chi connectivity index (χ2n) is 4.52. The molecule has 1 N–H and O–H groups in total. The average molecular weight is 271 g/mol. The zero-order valence-corrected chi connectivity index (χ0v) is 11.4. The van der Waals surface area contributed by atoms with Gasteiger partial charge >= 0.3 is 5.97 Å². The van der Waals surface area contributed by atoms with Crippen molar-refractivity contribution in [2.45, 2.75) is 51.2 Å². The third kappa shape index (κ3) is 4.98. The summed E-state index contributed by atoms with van der Waals surface area (Å²) < 4.78 is 9.88. The van der Waals surface area contributed by atoms with Gasteiger partial charge < -0.3 is 14.8 Å². The van der Waals surface area contributed by atoms with Crippen LogP contribution in [-0.2, 0) is 23.9 Å². The Morgan fingerprint density at radius 1 is 1.42 bits per heavy atom. The number of carbonyl (C=O) groups is 3. The van der Waals surface area contributed by atoms with Gasteiger partial charge in [0, 0.05) is 19.4 Å². The molecule has 0 aliphatic carbocycles. The molecule has 0 aromatic carbocycles. The van der Waals surface area contributed by atoms with Crippen LogP contribution in [0.4, 0.5) is 0 Å². The molecule has 6 heteroatoms. The predicted molar refractivity (Wildman–Crippen MR) is 67.5 cm³/mol. The van der Waals surface area contributed by atoms with Gasteiger partial charge in [0.1, 0.15) is 17.9 Å². The first-order valence-electron chi connectivity index (χ1n) is 6.60. The lowest BCUT2D eigenvalue weighted by Gasteiger charge is -2.18. The number of nitrogens with one attached hydrogen (secondary N) is 1. The Bertz CT molecular complexity index is 336. The van der Waals surface area contributed by atoms with E-state index in [0.717, 1.165) is 6.42 Å². The summed E-state index contributed by atoms with van der Waals surface area (Å²) in [6.07, 6.45) is 1.95. The van der Waals surface area contributed by atoms with Crippen molar-refractivity contribution >= 4 is 17.7 Å². The quantitative estimate of drug-likeness (QED) is 0.685. The van der Waals surface area contributed by atoms with E-state index in [1.807, 2.05) is 0 Å². The zero-order chi connectivity index (χ0) is 14.3. The van der Waals surface area contributed by atoms with Gasteiger partial charge in [-0.3, -0.25) is 9.59 Å². The molecule has 2 atom stereocenters. The molecule has 0 radical (unpaired) electrons. The van der Waals surface area contributed by atoms with Gasteiger partial charge in [-0.05, 0) is 19.3 Å². The smallest absolute Gasteiger partial charge is 0.328 e. The number of ether oxygens (including phenoxy) is 2. The molecule has 1 aliphatic heterocycles. The number of Topliss-reactive ketones (excluding diaryl/α,β-unsaturated/α-hetero) is 1. The second kappa shape index (κ2) is 7.89. The van der Waals surface area contributed by atoms with E-state index in [1.165, 1.54) is 7.11 Å². The molecule has 19 heavy (non-hydrogen) atoms. The lowest BCUT2D eigenvalue weighted by molar-refractivity contribution is -0.146. The van der Waals surface area contributed by atoms with Crippen molar-refractivity contribution in [1.82, 2.24) is 5.32 Å². The molecule has 0 aromatic heterocycles. The Hall–Kier alpha value is -1.43. The molecular formula is C13H21NO5. The van der Waals surface area contributed by atoms with E-state index in [1.54, 1.807) is 6.92 Å². The number of esters is 1. The summed E-state index contributed by atoms with van der Waals surface area (Å²) in [6.45, 7) is 2.33. The number of rotatable bonds is 7. The summed E-state index contributed by atoms with van der Waals surface area (Å²) in [7, 11) is 1.26. The van der Waals surface area contributed by atoms with Crippen LogP contribution in [0, 0.1) is 0 Å². The van der Waals surface area contributed by atoms with Gasteiger partial charge in [0.25, 0.3) is 0 Å². The predicted octanol–water partition coefficient (Wildman–Crippen LogP) is 0.583. The largest absolute Gasteiger partial charge is 0.467 e. The molecule has 108 valence electrons. The lowest BCUT2D eigenvalue weighted by Crippen LogP contribution is -2.46. The summed E-state index contributed by atoms with van der Waals surface area (Å²) in [5.41, 5.74) is 0. The van der Waals surface area contributed by atoms with E-state index in [0.29, 0.717) is 19.4 Å². The maximum absolute atomic E-state index is 11.9. The second-order valence-corrected chi connectivity index (χ2v) is 4.52. The number of hydrogen-bond acceptors (Lipinski definition) is 5. The highest BCUT2D eigenvalue weighted by molar-refractivity contribution is 5.87. The molecule has 6 nitrogen and oxygen atoms in total. The maximum atomic E-state index is 11.9. The Labute approximate surface area is 112 Å². The molecule has 0 unspecified atom stereocenters. The van der Waals surface area contributed by atoms with E-state index in [2.05, 4.69) is 10.1 Å². The molecule has 0 aromatic rings. The third-order valence-electron chi connectivity index (χ3n) is 3.13. The summed E-state index contributed by atoms with van der Waals surface area (Å²) in [6, 6.07) is -0.780. The normalized spacial score (nSPS) is 19.8. The molecule has 1 heterocycles. The van der Waals surface area contributed by atoms with E-state index < -0.39 is 18.1 Å². The lowest BCUT2D eigenvalue weighted by atomic mass is 10.1.